The molecule has 8 heteroatoms. The number of hydrogen-bond donors (Lipinski definition) is 0. The van der Waals surface area contributed by atoms with Crippen molar-refractivity contribution >= 4 is 22.8 Å². The highest BCUT2D eigenvalue weighted by Gasteiger charge is 2.29. The Kier molecular flexibility index (Phi) is 4.06. The van der Waals surface area contributed by atoms with Crippen LogP contribution in [0.4, 0.5) is 5.95 Å². The third kappa shape index (κ3) is 2.20. The SMILES string of the molecule is CCCCn1c(=O)c2c(nc3n2C(C)C(C)=NN3CC)n(C)c1=O. The number of aromatic nitrogens is 4. The largest absolute Gasteiger partial charge is 0.332 e. The van der Waals surface area contributed by atoms with Gasteiger partial charge in [-0.1, -0.05) is 13.3 Å². The third-order valence-corrected chi connectivity index (χ3v) is 4.69. The Bertz CT molecular complexity index is 933. The predicted octanol–water partition coefficient (Wildman–Crippen LogP) is 1.47. The molecule has 0 N–H and O–H groups in total. The van der Waals surface area contributed by atoms with Crippen LogP contribution in [0.25, 0.3) is 11.2 Å². The van der Waals surface area contributed by atoms with Crippen molar-refractivity contribution in [2.24, 2.45) is 12.1 Å². The molecular weight excluding hydrogens is 308 g/mol. The van der Waals surface area contributed by atoms with E-state index < -0.39 is 0 Å². The molecule has 1 aliphatic rings. The maximum atomic E-state index is 13.0. The monoisotopic (exact) mass is 332 g/mol. The lowest BCUT2D eigenvalue weighted by Crippen LogP contribution is -2.40. The van der Waals surface area contributed by atoms with E-state index >= 15 is 0 Å². The molecule has 3 heterocycles. The lowest BCUT2D eigenvalue weighted by molar-refractivity contribution is 0.563. The Labute approximate surface area is 140 Å². The average Bonchev–Trinajstić information content (AvgIpc) is 2.97. The molecule has 1 atom stereocenters. The molecule has 0 amide bonds. The summed E-state index contributed by atoms with van der Waals surface area (Å²) in [6.07, 6.45) is 1.71. The number of hydrazone groups is 1. The molecule has 2 aromatic heterocycles. The number of aryl methyl sites for hydroxylation is 1. The Balaban J connectivity index is 2.38. The van der Waals surface area contributed by atoms with E-state index in [4.69, 9.17) is 0 Å². The normalized spacial score (nSPS) is 17.3. The van der Waals surface area contributed by atoms with Crippen molar-refractivity contribution in [1.29, 1.82) is 0 Å². The van der Waals surface area contributed by atoms with Crippen molar-refractivity contribution in [3.63, 3.8) is 0 Å². The number of hydrogen-bond acceptors (Lipinski definition) is 5. The molecule has 0 aliphatic carbocycles. The van der Waals surface area contributed by atoms with Crippen LogP contribution in [0.15, 0.2) is 14.7 Å². The summed E-state index contributed by atoms with van der Waals surface area (Å²) in [6.45, 7) is 9.03. The van der Waals surface area contributed by atoms with Crippen LogP contribution in [-0.2, 0) is 13.6 Å². The fraction of sp³-hybridized carbons (Fsp3) is 0.625. The second-order valence-corrected chi connectivity index (χ2v) is 6.24. The number of fused-ring (bicyclic) bond motifs is 3. The summed E-state index contributed by atoms with van der Waals surface area (Å²) in [5, 5.41) is 6.32. The molecule has 0 aromatic carbocycles. The zero-order chi connectivity index (χ0) is 17.6. The summed E-state index contributed by atoms with van der Waals surface area (Å²) in [6, 6.07) is -0.0716. The minimum atomic E-state index is -0.315. The molecule has 8 nitrogen and oxygen atoms in total. The molecular formula is C16H24N6O2. The lowest BCUT2D eigenvalue weighted by Gasteiger charge is -2.28. The highest BCUT2D eigenvalue weighted by atomic mass is 16.2. The highest BCUT2D eigenvalue weighted by molar-refractivity contribution is 5.90. The molecule has 0 spiro atoms. The van der Waals surface area contributed by atoms with Gasteiger partial charge in [-0.3, -0.25) is 18.5 Å². The summed E-state index contributed by atoms with van der Waals surface area (Å²) in [5.41, 5.74) is 1.23. The van der Waals surface area contributed by atoms with E-state index in [2.05, 4.69) is 10.1 Å². The van der Waals surface area contributed by atoms with Gasteiger partial charge in [-0.15, -0.1) is 0 Å². The Morgan fingerprint density at radius 2 is 1.92 bits per heavy atom. The summed E-state index contributed by atoms with van der Waals surface area (Å²) < 4.78 is 4.70. The first-order valence-corrected chi connectivity index (χ1v) is 8.46. The van der Waals surface area contributed by atoms with Gasteiger partial charge in [0.1, 0.15) is 0 Å². The van der Waals surface area contributed by atoms with Gasteiger partial charge in [0, 0.05) is 20.1 Å². The molecule has 0 radical (unpaired) electrons. The van der Waals surface area contributed by atoms with E-state index in [0.717, 1.165) is 18.6 Å². The van der Waals surface area contributed by atoms with Crippen molar-refractivity contribution in [3.05, 3.63) is 20.8 Å². The summed E-state index contributed by atoms with van der Waals surface area (Å²) in [5.74, 6) is 0.617. The van der Waals surface area contributed by atoms with Crippen LogP contribution in [-0.4, -0.2) is 30.9 Å². The molecule has 24 heavy (non-hydrogen) atoms. The van der Waals surface area contributed by atoms with E-state index in [9.17, 15) is 9.59 Å². The maximum Gasteiger partial charge on any atom is 0.332 e. The fourth-order valence-electron chi connectivity index (χ4n) is 3.11. The van der Waals surface area contributed by atoms with Gasteiger partial charge in [0.25, 0.3) is 5.56 Å². The van der Waals surface area contributed by atoms with Crippen molar-refractivity contribution in [2.75, 3.05) is 11.6 Å². The second-order valence-electron chi connectivity index (χ2n) is 6.24. The summed E-state index contributed by atoms with van der Waals surface area (Å²) in [7, 11) is 1.67. The molecule has 0 saturated carbocycles. The second kappa shape index (κ2) is 5.92. The van der Waals surface area contributed by atoms with Crippen molar-refractivity contribution in [2.45, 2.75) is 53.1 Å². The Morgan fingerprint density at radius 1 is 1.21 bits per heavy atom. The van der Waals surface area contributed by atoms with Gasteiger partial charge in [-0.25, -0.2) is 9.80 Å². The van der Waals surface area contributed by atoms with Gasteiger partial charge in [0.2, 0.25) is 5.95 Å². The summed E-state index contributed by atoms with van der Waals surface area (Å²) in [4.78, 5) is 30.1. The van der Waals surface area contributed by atoms with Gasteiger partial charge in [0.05, 0.1) is 11.8 Å². The Morgan fingerprint density at radius 3 is 2.54 bits per heavy atom. The van der Waals surface area contributed by atoms with Gasteiger partial charge < -0.3 is 0 Å². The first-order valence-electron chi connectivity index (χ1n) is 8.46. The third-order valence-electron chi connectivity index (χ3n) is 4.69. The lowest BCUT2D eigenvalue weighted by atomic mass is 10.2. The molecule has 0 fully saturated rings. The topological polar surface area (TPSA) is 77.4 Å². The van der Waals surface area contributed by atoms with E-state index in [1.807, 2.05) is 32.3 Å². The first-order chi connectivity index (χ1) is 11.4. The van der Waals surface area contributed by atoms with Gasteiger partial charge >= 0.3 is 5.69 Å². The standard InChI is InChI=1S/C16H24N6O2/c1-6-8-9-20-14(23)12-13(19(5)16(20)24)17-15-21(7-2)18-10(3)11(4)22(12)15/h11H,6-9H2,1-5H3. The number of imidazole rings is 1. The smallest absolute Gasteiger partial charge is 0.294 e. The van der Waals surface area contributed by atoms with E-state index in [-0.39, 0.29) is 17.3 Å². The molecule has 1 unspecified atom stereocenters. The minimum Gasteiger partial charge on any atom is -0.294 e. The van der Waals surface area contributed by atoms with Crippen LogP contribution >= 0.6 is 0 Å². The van der Waals surface area contributed by atoms with Crippen molar-refractivity contribution < 1.29 is 0 Å². The average molecular weight is 332 g/mol. The van der Waals surface area contributed by atoms with E-state index in [0.29, 0.717) is 30.2 Å². The quantitative estimate of drug-likeness (QED) is 0.849. The zero-order valence-corrected chi connectivity index (χ0v) is 14.9. The Hall–Kier alpha value is -2.38. The number of rotatable bonds is 4. The highest BCUT2D eigenvalue weighted by Crippen LogP contribution is 2.29. The predicted molar refractivity (Wildman–Crippen MR) is 95.0 cm³/mol. The van der Waals surface area contributed by atoms with Crippen LogP contribution < -0.4 is 16.3 Å². The van der Waals surface area contributed by atoms with Crippen LogP contribution in [0.3, 0.4) is 0 Å². The maximum absolute atomic E-state index is 13.0. The minimum absolute atomic E-state index is 0.0716. The van der Waals surface area contributed by atoms with E-state index in [1.54, 1.807) is 12.1 Å². The molecule has 0 saturated heterocycles. The van der Waals surface area contributed by atoms with Gasteiger partial charge in [-0.2, -0.15) is 10.1 Å². The molecule has 2 aromatic rings. The number of nitrogens with zero attached hydrogens (tertiary/aromatic N) is 6. The number of unbranched alkanes of at least 4 members (excludes halogenated alkanes) is 1. The molecule has 1 aliphatic heterocycles. The fourth-order valence-corrected chi connectivity index (χ4v) is 3.11. The summed E-state index contributed by atoms with van der Waals surface area (Å²) >= 11 is 0. The molecule has 0 bridgehead atoms. The van der Waals surface area contributed by atoms with E-state index in [1.165, 1.54) is 9.13 Å². The van der Waals surface area contributed by atoms with Crippen LogP contribution in [0, 0.1) is 0 Å². The van der Waals surface area contributed by atoms with Crippen LogP contribution in [0.2, 0.25) is 0 Å². The molecule has 130 valence electrons. The zero-order valence-electron chi connectivity index (χ0n) is 14.9. The van der Waals surface area contributed by atoms with Gasteiger partial charge in [-0.05, 0) is 27.2 Å². The van der Waals surface area contributed by atoms with Crippen LogP contribution in [0.1, 0.15) is 46.6 Å². The molecule has 3 rings (SSSR count). The van der Waals surface area contributed by atoms with Crippen molar-refractivity contribution in [1.82, 2.24) is 18.7 Å². The number of anilines is 1. The van der Waals surface area contributed by atoms with Gasteiger partial charge in [0.15, 0.2) is 11.2 Å². The van der Waals surface area contributed by atoms with Crippen LogP contribution in [0.5, 0.6) is 0 Å². The van der Waals surface area contributed by atoms with Crippen molar-refractivity contribution in [3.8, 4) is 0 Å². The first kappa shape index (κ1) is 16.5.